The van der Waals surface area contributed by atoms with Gasteiger partial charge in [0.05, 0.1) is 0 Å². The number of benzene rings is 1. The van der Waals surface area contributed by atoms with E-state index in [1.54, 1.807) is 25.3 Å². The van der Waals surface area contributed by atoms with E-state index in [2.05, 4.69) is 19.9 Å². The van der Waals surface area contributed by atoms with E-state index in [1.807, 2.05) is 37.4 Å². The first-order chi connectivity index (χ1) is 12.0. The second-order valence-corrected chi connectivity index (χ2v) is 5.99. The average Bonchev–Trinajstić information content (AvgIpc) is 2.98. The number of amides is 1. The summed E-state index contributed by atoms with van der Waals surface area (Å²) in [4.78, 5) is 30.9. The van der Waals surface area contributed by atoms with Gasteiger partial charge in [-0.3, -0.25) is 9.59 Å². The van der Waals surface area contributed by atoms with Crippen molar-refractivity contribution in [1.82, 2.24) is 19.9 Å². The summed E-state index contributed by atoms with van der Waals surface area (Å²) in [6.07, 6.45) is 3.71. The quantitative estimate of drug-likeness (QED) is 0.749. The predicted octanol–water partition coefficient (Wildman–Crippen LogP) is 2.17. The zero-order valence-corrected chi connectivity index (χ0v) is 14.2. The standard InChI is InChI=1S/C19H20N4O2/c1-13-6-7-17(19(25)22-13)18(24)21-11-15-4-3-5-16(10-15)12-23-9-8-20-14(23)2/h3-10H,11-12H2,1-2H3,(H,21,24)(H,22,25). The van der Waals surface area contributed by atoms with Crippen LogP contribution < -0.4 is 10.9 Å². The van der Waals surface area contributed by atoms with Crippen molar-refractivity contribution in [3.8, 4) is 0 Å². The molecule has 0 fully saturated rings. The summed E-state index contributed by atoms with van der Waals surface area (Å²) >= 11 is 0. The Balaban J connectivity index is 1.67. The minimum absolute atomic E-state index is 0.121. The second kappa shape index (κ2) is 7.17. The van der Waals surface area contributed by atoms with Crippen LogP contribution in [0.3, 0.4) is 0 Å². The van der Waals surface area contributed by atoms with Gasteiger partial charge in [0.15, 0.2) is 0 Å². The third-order valence-corrected chi connectivity index (χ3v) is 4.02. The number of aromatic nitrogens is 3. The lowest BCUT2D eigenvalue weighted by molar-refractivity contribution is 0.0949. The normalized spacial score (nSPS) is 10.6. The Bertz CT molecular complexity index is 956. The van der Waals surface area contributed by atoms with Crippen molar-refractivity contribution in [3.05, 3.63) is 87.4 Å². The monoisotopic (exact) mass is 336 g/mol. The van der Waals surface area contributed by atoms with Crippen molar-refractivity contribution in [3.63, 3.8) is 0 Å². The van der Waals surface area contributed by atoms with E-state index in [9.17, 15) is 9.59 Å². The number of nitrogens with zero attached hydrogens (tertiary/aromatic N) is 2. The third-order valence-electron chi connectivity index (χ3n) is 4.02. The molecule has 6 heteroatoms. The smallest absolute Gasteiger partial charge is 0.260 e. The fourth-order valence-corrected chi connectivity index (χ4v) is 2.63. The van der Waals surface area contributed by atoms with Crippen LogP contribution in [0.1, 0.15) is 33.0 Å². The summed E-state index contributed by atoms with van der Waals surface area (Å²) in [7, 11) is 0. The first-order valence-electron chi connectivity index (χ1n) is 8.06. The Hall–Kier alpha value is -3.15. The number of carbonyl (C=O) groups excluding carboxylic acids is 1. The summed E-state index contributed by atoms with van der Waals surface area (Å²) in [5.41, 5.74) is 2.58. The lowest BCUT2D eigenvalue weighted by Gasteiger charge is -2.09. The van der Waals surface area contributed by atoms with Gasteiger partial charge >= 0.3 is 0 Å². The first kappa shape index (κ1) is 16.7. The van der Waals surface area contributed by atoms with E-state index in [4.69, 9.17) is 0 Å². The van der Waals surface area contributed by atoms with E-state index in [1.165, 1.54) is 0 Å². The number of nitrogens with one attached hydrogen (secondary N) is 2. The van der Waals surface area contributed by atoms with Gasteiger partial charge in [-0.1, -0.05) is 24.3 Å². The van der Waals surface area contributed by atoms with Crippen molar-refractivity contribution >= 4 is 5.91 Å². The van der Waals surface area contributed by atoms with Crippen molar-refractivity contribution in [2.45, 2.75) is 26.9 Å². The number of carbonyl (C=O) groups is 1. The van der Waals surface area contributed by atoms with Crippen LogP contribution in [0.4, 0.5) is 0 Å². The van der Waals surface area contributed by atoms with Crippen LogP contribution in [0.25, 0.3) is 0 Å². The number of rotatable bonds is 5. The first-order valence-corrected chi connectivity index (χ1v) is 8.06. The highest BCUT2D eigenvalue weighted by Crippen LogP contribution is 2.09. The van der Waals surface area contributed by atoms with E-state index in [-0.39, 0.29) is 17.0 Å². The van der Waals surface area contributed by atoms with Crippen LogP contribution in [0.15, 0.2) is 53.6 Å². The van der Waals surface area contributed by atoms with Gasteiger partial charge < -0.3 is 14.9 Å². The second-order valence-electron chi connectivity index (χ2n) is 5.99. The Morgan fingerprint density at radius 2 is 2.00 bits per heavy atom. The average molecular weight is 336 g/mol. The third kappa shape index (κ3) is 4.03. The van der Waals surface area contributed by atoms with E-state index in [0.717, 1.165) is 29.2 Å². The molecule has 0 bridgehead atoms. The Kier molecular flexibility index (Phi) is 4.79. The minimum Gasteiger partial charge on any atom is -0.348 e. The molecule has 0 spiro atoms. The van der Waals surface area contributed by atoms with Crippen LogP contribution in [-0.2, 0) is 13.1 Å². The largest absolute Gasteiger partial charge is 0.348 e. The molecule has 1 aromatic carbocycles. The Labute approximate surface area is 145 Å². The van der Waals surface area contributed by atoms with Crippen molar-refractivity contribution < 1.29 is 4.79 Å². The van der Waals surface area contributed by atoms with Gasteiger partial charge in [0.2, 0.25) is 0 Å². The summed E-state index contributed by atoms with van der Waals surface area (Å²) in [5, 5.41) is 2.79. The van der Waals surface area contributed by atoms with Gasteiger partial charge in [-0.05, 0) is 37.1 Å². The fourth-order valence-electron chi connectivity index (χ4n) is 2.63. The molecule has 2 N–H and O–H groups in total. The van der Waals surface area contributed by atoms with E-state index in [0.29, 0.717) is 6.54 Å². The highest BCUT2D eigenvalue weighted by atomic mass is 16.2. The lowest BCUT2D eigenvalue weighted by Crippen LogP contribution is -2.29. The van der Waals surface area contributed by atoms with Crippen molar-refractivity contribution in [2.24, 2.45) is 0 Å². The van der Waals surface area contributed by atoms with Crippen LogP contribution in [0.2, 0.25) is 0 Å². The lowest BCUT2D eigenvalue weighted by atomic mass is 10.1. The van der Waals surface area contributed by atoms with Crippen LogP contribution in [0.5, 0.6) is 0 Å². The van der Waals surface area contributed by atoms with Gasteiger partial charge in [-0.2, -0.15) is 0 Å². The number of H-pyrrole nitrogens is 1. The molecule has 6 nitrogen and oxygen atoms in total. The molecule has 0 radical (unpaired) electrons. The molecule has 0 aliphatic rings. The topological polar surface area (TPSA) is 79.8 Å². The molecule has 0 aliphatic carbocycles. The number of hydrogen-bond donors (Lipinski definition) is 2. The van der Waals surface area contributed by atoms with Crippen molar-refractivity contribution in [1.29, 1.82) is 0 Å². The Morgan fingerprint density at radius 1 is 1.20 bits per heavy atom. The minimum atomic E-state index is -0.378. The molecular formula is C19H20N4O2. The molecule has 3 aromatic rings. The Morgan fingerprint density at radius 3 is 2.72 bits per heavy atom. The van der Waals surface area contributed by atoms with Gasteiger partial charge in [0.25, 0.3) is 11.5 Å². The molecule has 2 aromatic heterocycles. The zero-order chi connectivity index (χ0) is 17.8. The number of pyridine rings is 1. The molecular weight excluding hydrogens is 316 g/mol. The fraction of sp³-hybridized carbons (Fsp3) is 0.211. The summed E-state index contributed by atoms with van der Waals surface area (Å²) in [6.45, 7) is 4.83. The zero-order valence-electron chi connectivity index (χ0n) is 14.2. The molecule has 25 heavy (non-hydrogen) atoms. The summed E-state index contributed by atoms with van der Waals surface area (Å²) in [5.74, 6) is 0.578. The number of aromatic amines is 1. The highest BCUT2D eigenvalue weighted by molar-refractivity contribution is 5.93. The number of aryl methyl sites for hydroxylation is 2. The maximum atomic E-state index is 12.2. The maximum absolute atomic E-state index is 12.2. The van der Waals surface area contributed by atoms with E-state index < -0.39 is 0 Å². The van der Waals surface area contributed by atoms with Crippen molar-refractivity contribution in [2.75, 3.05) is 0 Å². The van der Waals surface area contributed by atoms with Gasteiger partial charge in [0.1, 0.15) is 11.4 Å². The van der Waals surface area contributed by atoms with Gasteiger partial charge in [0, 0.05) is 31.2 Å². The predicted molar refractivity (Wildman–Crippen MR) is 95.5 cm³/mol. The number of imidazole rings is 1. The molecule has 1 amide bonds. The summed E-state index contributed by atoms with van der Waals surface area (Å²) < 4.78 is 2.06. The SMILES string of the molecule is Cc1ccc(C(=O)NCc2cccc(Cn3ccnc3C)c2)c(=O)[nH]1. The molecule has 0 aliphatic heterocycles. The molecule has 3 rings (SSSR count). The van der Waals surface area contributed by atoms with Gasteiger partial charge in [-0.25, -0.2) is 4.98 Å². The number of hydrogen-bond acceptors (Lipinski definition) is 3. The molecule has 2 heterocycles. The van der Waals surface area contributed by atoms with E-state index >= 15 is 0 Å². The van der Waals surface area contributed by atoms with Crippen LogP contribution in [-0.4, -0.2) is 20.4 Å². The molecule has 0 atom stereocenters. The molecule has 0 saturated carbocycles. The summed E-state index contributed by atoms with van der Waals surface area (Å²) in [6, 6.07) is 11.2. The molecule has 0 saturated heterocycles. The molecule has 0 unspecified atom stereocenters. The molecule has 128 valence electrons. The van der Waals surface area contributed by atoms with Crippen LogP contribution >= 0.6 is 0 Å². The highest BCUT2D eigenvalue weighted by Gasteiger charge is 2.10. The van der Waals surface area contributed by atoms with Gasteiger partial charge in [-0.15, -0.1) is 0 Å². The van der Waals surface area contributed by atoms with Crippen LogP contribution in [0, 0.1) is 13.8 Å². The maximum Gasteiger partial charge on any atom is 0.260 e.